The molecule has 0 aliphatic carbocycles. The van der Waals surface area contributed by atoms with E-state index >= 15 is 0 Å². The molecule has 168 valence electrons. The fourth-order valence-corrected chi connectivity index (χ4v) is 2.89. The molecule has 0 aliphatic rings. The van der Waals surface area contributed by atoms with Gasteiger partial charge in [-0.15, -0.1) is 0 Å². The van der Waals surface area contributed by atoms with Crippen molar-refractivity contribution in [3.05, 3.63) is 95.6 Å². The molecule has 33 heavy (non-hydrogen) atoms. The maximum atomic E-state index is 12.3. The van der Waals surface area contributed by atoms with E-state index in [1.165, 1.54) is 19.4 Å². The Balaban J connectivity index is 1.67. The van der Waals surface area contributed by atoms with Crippen LogP contribution in [0.2, 0.25) is 0 Å². The van der Waals surface area contributed by atoms with E-state index in [2.05, 4.69) is 10.5 Å². The van der Waals surface area contributed by atoms with Crippen molar-refractivity contribution in [1.82, 2.24) is 5.43 Å². The summed E-state index contributed by atoms with van der Waals surface area (Å²) in [7, 11) is 1.50. The summed E-state index contributed by atoms with van der Waals surface area (Å²) >= 11 is 0. The minimum absolute atomic E-state index is 0.287. The molecule has 0 aromatic heterocycles. The second kappa shape index (κ2) is 11.9. The molecule has 0 aliphatic heterocycles. The van der Waals surface area contributed by atoms with Crippen molar-refractivity contribution < 1.29 is 23.8 Å². The van der Waals surface area contributed by atoms with E-state index in [1.54, 1.807) is 48.5 Å². The summed E-state index contributed by atoms with van der Waals surface area (Å²) in [4.78, 5) is 24.5. The molecular weight excluding hydrogens is 420 g/mol. The summed E-state index contributed by atoms with van der Waals surface area (Å²) in [6.07, 6.45) is 4.50. The Hall–Kier alpha value is -4.39. The molecule has 0 unspecified atom stereocenters. The van der Waals surface area contributed by atoms with Crippen molar-refractivity contribution in [1.29, 1.82) is 0 Å². The molecule has 0 saturated carbocycles. The molecule has 0 atom stereocenters. The fourth-order valence-electron chi connectivity index (χ4n) is 2.89. The fraction of sp³-hybridized carbons (Fsp3) is 0.115. The van der Waals surface area contributed by atoms with Gasteiger partial charge in [0.05, 0.1) is 25.5 Å². The van der Waals surface area contributed by atoms with Gasteiger partial charge in [-0.2, -0.15) is 5.10 Å². The highest BCUT2D eigenvalue weighted by Crippen LogP contribution is 2.28. The Bertz CT molecular complexity index is 1160. The summed E-state index contributed by atoms with van der Waals surface area (Å²) in [5.41, 5.74) is 4.38. The highest BCUT2D eigenvalue weighted by atomic mass is 16.6. The number of benzene rings is 3. The Kier molecular flexibility index (Phi) is 8.36. The van der Waals surface area contributed by atoms with Gasteiger partial charge in [-0.05, 0) is 54.5 Å². The number of rotatable bonds is 9. The summed E-state index contributed by atoms with van der Waals surface area (Å²) in [6.45, 7) is 2.21. The molecule has 7 nitrogen and oxygen atoms in total. The second-order valence-corrected chi connectivity index (χ2v) is 6.70. The minimum Gasteiger partial charge on any atom is -0.496 e. The van der Waals surface area contributed by atoms with Crippen molar-refractivity contribution in [2.75, 3.05) is 13.7 Å². The number of carbonyl (C=O) groups is 2. The molecule has 0 bridgehead atoms. The number of nitrogens with zero attached hydrogens (tertiary/aromatic N) is 1. The van der Waals surface area contributed by atoms with E-state index in [0.29, 0.717) is 29.2 Å². The van der Waals surface area contributed by atoms with Gasteiger partial charge in [0, 0.05) is 6.08 Å². The number of ether oxygens (including phenoxy) is 3. The molecule has 0 spiro atoms. The number of nitrogens with one attached hydrogen (secondary N) is 1. The van der Waals surface area contributed by atoms with Crippen LogP contribution in [-0.2, 0) is 4.79 Å². The van der Waals surface area contributed by atoms with Crippen LogP contribution >= 0.6 is 0 Å². The monoisotopic (exact) mass is 444 g/mol. The highest BCUT2D eigenvalue weighted by molar-refractivity contribution is 5.97. The minimum atomic E-state index is -0.523. The van der Waals surface area contributed by atoms with Crippen LogP contribution in [0.4, 0.5) is 0 Å². The lowest BCUT2D eigenvalue weighted by molar-refractivity contribution is -0.129. The van der Waals surface area contributed by atoms with Gasteiger partial charge in [0.2, 0.25) is 0 Å². The lowest BCUT2D eigenvalue weighted by atomic mass is 10.2. The number of amides is 1. The zero-order chi connectivity index (χ0) is 23.5. The number of para-hydroxylation sites is 1. The summed E-state index contributed by atoms with van der Waals surface area (Å²) in [6, 6.07) is 21.3. The largest absolute Gasteiger partial charge is 0.496 e. The lowest BCUT2D eigenvalue weighted by Gasteiger charge is -2.10. The Morgan fingerprint density at radius 1 is 0.909 bits per heavy atom. The first-order valence-corrected chi connectivity index (χ1v) is 10.3. The summed E-state index contributed by atoms with van der Waals surface area (Å²) < 4.78 is 16.2. The number of esters is 1. The molecule has 0 saturated heterocycles. The van der Waals surface area contributed by atoms with Crippen LogP contribution in [0, 0.1) is 0 Å². The predicted molar refractivity (Wildman–Crippen MR) is 127 cm³/mol. The number of hydrogen-bond donors (Lipinski definition) is 1. The molecule has 0 fully saturated rings. The molecule has 1 N–H and O–H groups in total. The predicted octanol–water partition coefficient (Wildman–Crippen LogP) is 4.48. The van der Waals surface area contributed by atoms with E-state index in [9.17, 15) is 9.59 Å². The van der Waals surface area contributed by atoms with Gasteiger partial charge in [-0.25, -0.2) is 10.2 Å². The maximum absolute atomic E-state index is 12.3. The van der Waals surface area contributed by atoms with Gasteiger partial charge < -0.3 is 14.2 Å². The molecule has 0 heterocycles. The molecule has 3 aromatic carbocycles. The molecular formula is C26H24N2O5. The third-order valence-electron chi connectivity index (χ3n) is 4.42. The van der Waals surface area contributed by atoms with E-state index in [4.69, 9.17) is 14.2 Å². The molecule has 0 radical (unpaired) electrons. The molecule has 1 amide bonds. The number of hydrazone groups is 1. The van der Waals surface area contributed by atoms with Crippen LogP contribution in [0.25, 0.3) is 6.08 Å². The first kappa shape index (κ1) is 23.3. The van der Waals surface area contributed by atoms with Gasteiger partial charge in [0.15, 0.2) is 11.5 Å². The van der Waals surface area contributed by atoms with Crippen molar-refractivity contribution in [3.63, 3.8) is 0 Å². The second-order valence-electron chi connectivity index (χ2n) is 6.70. The van der Waals surface area contributed by atoms with Gasteiger partial charge >= 0.3 is 5.97 Å². The van der Waals surface area contributed by atoms with Crippen LogP contribution in [0.5, 0.6) is 17.2 Å². The van der Waals surface area contributed by atoms with Gasteiger partial charge in [0.1, 0.15) is 5.75 Å². The van der Waals surface area contributed by atoms with E-state index in [1.807, 2.05) is 37.3 Å². The highest BCUT2D eigenvalue weighted by Gasteiger charge is 2.11. The van der Waals surface area contributed by atoms with Gasteiger partial charge in [-0.1, -0.05) is 42.5 Å². The number of carbonyl (C=O) groups excluding carboxylic acids is 2. The third-order valence-corrected chi connectivity index (χ3v) is 4.42. The lowest BCUT2D eigenvalue weighted by Crippen LogP contribution is -2.18. The first-order valence-electron chi connectivity index (χ1n) is 10.3. The van der Waals surface area contributed by atoms with E-state index in [-0.39, 0.29) is 5.75 Å². The van der Waals surface area contributed by atoms with Crippen molar-refractivity contribution in [3.8, 4) is 17.2 Å². The topological polar surface area (TPSA) is 86.2 Å². The smallest absolute Gasteiger partial charge is 0.336 e. The summed E-state index contributed by atoms with van der Waals surface area (Å²) in [5, 5.41) is 3.99. The average molecular weight is 444 g/mol. The Morgan fingerprint density at radius 2 is 1.67 bits per heavy atom. The van der Waals surface area contributed by atoms with Gasteiger partial charge in [0.25, 0.3) is 5.91 Å². The normalized spacial score (nSPS) is 10.8. The van der Waals surface area contributed by atoms with Crippen LogP contribution < -0.4 is 19.6 Å². The quantitative estimate of drug-likeness (QED) is 0.173. The molecule has 7 heteroatoms. The Labute approximate surface area is 192 Å². The summed E-state index contributed by atoms with van der Waals surface area (Å²) in [5.74, 6) is 0.208. The van der Waals surface area contributed by atoms with Crippen molar-refractivity contribution >= 4 is 24.2 Å². The molecule has 3 rings (SSSR count). The standard InChI is InChI=1S/C26H24N2O5/c1-3-32-24-17-20(18-27-28-26(30)21-11-7-8-12-22(21)31-2)13-15-23(24)33-25(29)16-14-19-9-5-4-6-10-19/h4-18H,3H2,1-2H3,(H,28,30)/b16-14+,27-18+. The van der Waals surface area contributed by atoms with E-state index in [0.717, 1.165) is 5.56 Å². The van der Waals surface area contributed by atoms with Crippen LogP contribution in [0.15, 0.2) is 84.0 Å². The zero-order valence-electron chi connectivity index (χ0n) is 18.4. The third kappa shape index (κ3) is 6.80. The SMILES string of the molecule is CCOc1cc(/C=N/NC(=O)c2ccccc2OC)ccc1OC(=O)/C=C/c1ccccc1. The first-order chi connectivity index (χ1) is 16.1. The van der Waals surface area contributed by atoms with Crippen LogP contribution in [0.1, 0.15) is 28.4 Å². The molecule has 3 aromatic rings. The number of methoxy groups -OCH3 is 1. The number of hydrogen-bond acceptors (Lipinski definition) is 6. The Morgan fingerprint density at radius 3 is 2.42 bits per heavy atom. The van der Waals surface area contributed by atoms with E-state index < -0.39 is 11.9 Å². The van der Waals surface area contributed by atoms with Gasteiger partial charge in [-0.3, -0.25) is 4.79 Å². The zero-order valence-corrected chi connectivity index (χ0v) is 18.4. The van der Waals surface area contributed by atoms with Crippen LogP contribution in [0.3, 0.4) is 0 Å². The van der Waals surface area contributed by atoms with Crippen molar-refractivity contribution in [2.45, 2.75) is 6.92 Å². The van der Waals surface area contributed by atoms with Crippen molar-refractivity contribution in [2.24, 2.45) is 5.10 Å². The average Bonchev–Trinajstić information content (AvgIpc) is 2.85. The van der Waals surface area contributed by atoms with Crippen LogP contribution in [-0.4, -0.2) is 31.8 Å². The maximum Gasteiger partial charge on any atom is 0.336 e.